The van der Waals surface area contributed by atoms with Crippen molar-refractivity contribution in [2.45, 2.75) is 24.2 Å². The van der Waals surface area contributed by atoms with Crippen molar-refractivity contribution in [1.29, 1.82) is 0 Å². The average molecular weight is 454 g/mol. The van der Waals surface area contributed by atoms with Gasteiger partial charge in [-0.05, 0) is 24.6 Å². The largest absolute Gasteiger partial charge is 0.356 e. The van der Waals surface area contributed by atoms with E-state index in [1.165, 1.54) is 20.9 Å². The number of halogens is 1. The van der Waals surface area contributed by atoms with E-state index >= 15 is 0 Å². The third-order valence-corrected chi connectivity index (χ3v) is 6.57. The van der Waals surface area contributed by atoms with Gasteiger partial charge in [0.15, 0.2) is 5.76 Å². The summed E-state index contributed by atoms with van der Waals surface area (Å²) >= 11 is 7.60. The van der Waals surface area contributed by atoms with E-state index in [0.717, 1.165) is 11.1 Å². The summed E-state index contributed by atoms with van der Waals surface area (Å²) in [4.78, 5) is 25.8. The Labute approximate surface area is 188 Å². The molecule has 6 nitrogen and oxygen atoms in total. The number of aromatic nitrogens is 3. The van der Waals surface area contributed by atoms with Crippen molar-refractivity contribution in [1.82, 2.24) is 14.3 Å². The molecule has 2 aromatic carbocycles. The minimum atomic E-state index is -0.348. The lowest BCUT2D eigenvalue weighted by molar-refractivity contribution is 0.426. The predicted molar refractivity (Wildman–Crippen MR) is 123 cm³/mol. The fraction of sp³-hybridized carbons (Fsp3) is 0.174. The molecule has 0 aliphatic carbocycles. The van der Waals surface area contributed by atoms with Gasteiger partial charge in [-0.15, -0.1) is 11.8 Å². The van der Waals surface area contributed by atoms with E-state index in [0.29, 0.717) is 32.8 Å². The lowest BCUT2D eigenvalue weighted by Gasteiger charge is -2.14. The highest BCUT2D eigenvalue weighted by molar-refractivity contribution is 7.98. The fourth-order valence-electron chi connectivity index (χ4n) is 3.32. The topological polar surface area (TPSA) is 70.0 Å². The first-order chi connectivity index (χ1) is 15.0. The van der Waals surface area contributed by atoms with Crippen LogP contribution < -0.4 is 11.2 Å². The molecule has 8 heteroatoms. The minimum absolute atomic E-state index is 0.239. The highest BCUT2D eigenvalue weighted by atomic mass is 35.5. The summed E-state index contributed by atoms with van der Waals surface area (Å²) in [6.45, 7) is 1.98. The van der Waals surface area contributed by atoms with Crippen LogP contribution in [0.15, 0.2) is 79.8 Å². The second-order valence-corrected chi connectivity index (χ2v) is 8.47. The SMILES string of the molecule is Cc1c(SCc2cc(-c3ccccc3Cl)on2)n(C)c(=O)n(Cc2ccccc2)c1=O. The Morgan fingerprint density at radius 1 is 1.06 bits per heavy atom. The van der Waals surface area contributed by atoms with Gasteiger partial charge in [0.1, 0.15) is 0 Å². The molecular formula is C23H20ClN3O3S. The number of benzene rings is 2. The molecule has 0 aliphatic rings. The van der Waals surface area contributed by atoms with E-state index in [1.807, 2.05) is 54.6 Å². The Morgan fingerprint density at radius 2 is 1.77 bits per heavy atom. The Bertz CT molecular complexity index is 1310. The molecule has 0 saturated carbocycles. The molecule has 0 saturated heterocycles. The third-order valence-electron chi connectivity index (χ3n) is 4.95. The zero-order valence-corrected chi connectivity index (χ0v) is 18.6. The van der Waals surface area contributed by atoms with Crippen molar-refractivity contribution < 1.29 is 4.52 Å². The molecule has 0 aliphatic heterocycles. The molecule has 0 fully saturated rings. The lowest BCUT2D eigenvalue weighted by Crippen LogP contribution is -2.41. The van der Waals surface area contributed by atoms with Crippen LogP contribution in [0.25, 0.3) is 11.3 Å². The maximum Gasteiger partial charge on any atom is 0.331 e. The Morgan fingerprint density at radius 3 is 2.52 bits per heavy atom. The second-order valence-electron chi connectivity index (χ2n) is 7.10. The maximum absolute atomic E-state index is 12.9. The second kappa shape index (κ2) is 8.99. The molecule has 0 atom stereocenters. The highest BCUT2D eigenvalue weighted by Gasteiger charge is 2.16. The van der Waals surface area contributed by atoms with Gasteiger partial charge in [0.05, 0.1) is 22.3 Å². The summed E-state index contributed by atoms with van der Waals surface area (Å²) in [7, 11) is 1.68. The molecule has 0 N–H and O–H groups in total. The van der Waals surface area contributed by atoms with Gasteiger partial charge >= 0.3 is 5.69 Å². The standard InChI is InChI=1S/C23H20ClN3O3S/c1-15-21(28)27(13-16-8-4-3-5-9-16)23(29)26(2)22(15)31-14-17-12-20(30-25-17)18-10-6-7-11-19(18)24/h3-12H,13-14H2,1-2H3. The molecule has 0 bridgehead atoms. The van der Waals surface area contributed by atoms with Gasteiger partial charge in [0.25, 0.3) is 5.56 Å². The predicted octanol–water partition coefficient (Wildman–Crippen LogP) is 4.50. The van der Waals surface area contributed by atoms with Gasteiger partial charge in [-0.1, -0.05) is 59.2 Å². The molecule has 0 spiro atoms. The molecular weight excluding hydrogens is 434 g/mol. The lowest BCUT2D eigenvalue weighted by atomic mass is 10.2. The summed E-state index contributed by atoms with van der Waals surface area (Å²) in [6, 6.07) is 18.7. The number of thioether (sulfide) groups is 1. The van der Waals surface area contributed by atoms with Crippen molar-refractivity contribution >= 4 is 23.4 Å². The maximum atomic E-state index is 12.9. The smallest absolute Gasteiger partial charge is 0.331 e. The van der Waals surface area contributed by atoms with Gasteiger partial charge in [0.2, 0.25) is 0 Å². The Kier molecular flexibility index (Phi) is 6.15. The van der Waals surface area contributed by atoms with Crippen LogP contribution in [-0.4, -0.2) is 14.3 Å². The van der Waals surface area contributed by atoms with Crippen molar-refractivity contribution in [3.63, 3.8) is 0 Å². The molecule has 4 rings (SSSR count). The zero-order chi connectivity index (χ0) is 22.0. The summed E-state index contributed by atoms with van der Waals surface area (Å²) in [5, 5.41) is 5.30. The van der Waals surface area contributed by atoms with Crippen LogP contribution in [0, 0.1) is 6.92 Å². The molecule has 0 amide bonds. The van der Waals surface area contributed by atoms with E-state index in [2.05, 4.69) is 5.16 Å². The van der Waals surface area contributed by atoms with Crippen molar-refractivity contribution in [2.24, 2.45) is 7.05 Å². The molecule has 4 aromatic rings. The first-order valence-electron chi connectivity index (χ1n) is 9.63. The normalized spacial score (nSPS) is 11.1. The molecule has 31 heavy (non-hydrogen) atoms. The first kappa shape index (κ1) is 21.2. The van der Waals surface area contributed by atoms with Crippen LogP contribution in [0.3, 0.4) is 0 Å². The minimum Gasteiger partial charge on any atom is -0.356 e. The van der Waals surface area contributed by atoms with Crippen LogP contribution in [-0.2, 0) is 19.3 Å². The van der Waals surface area contributed by atoms with E-state index in [4.69, 9.17) is 16.1 Å². The molecule has 158 valence electrons. The van der Waals surface area contributed by atoms with Crippen LogP contribution in [0.2, 0.25) is 5.02 Å². The van der Waals surface area contributed by atoms with Crippen molar-refractivity contribution in [3.8, 4) is 11.3 Å². The molecule has 2 heterocycles. The van der Waals surface area contributed by atoms with Gasteiger partial charge in [0, 0.05) is 30.0 Å². The van der Waals surface area contributed by atoms with Crippen LogP contribution in [0.4, 0.5) is 0 Å². The third kappa shape index (κ3) is 4.38. The van der Waals surface area contributed by atoms with Crippen molar-refractivity contribution in [3.05, 3.63) is 103 Å². The van der Waals surface area contributed by atoms with Crippen LogP contribution in [0.1, 0.15) is 16.8 Å². The van der Waals surface area contributed by atoms with E-state index < -0.39 is 0 Å². The Balaban J connectivity index is 1.58. The number of hydrogen-bond donors (Lipinski definition) is 0. The van der Waals surface area contributed by atoms with E-state index in [1.54, 1.807) is 20.0 Å². The molecule has 0 radical (unpaired) electrons. The average Bonchev–Trinajstić information content (AvgIpc) is 3.25. The van der Waals surface area contributed by atoms with Crippen LogP contribution in [0.5, 0.6) is 0 Å². The summed E-state index contributed by atoms with van der Waals surface area (Å²) in [5.41, 5.74) is 2.25. The highest BCUT2D eigenvalue weighted by Crippen LogP contribution is 2.30. The van der Waals surface area contributed by atoms with Gasteiger partial charge in [-0.3, -0.25) is 13.9 Å². The zero-order valence-electron chi connectivity index (χ0n) is 17.0. The summed E-state index contributed by atoms with van der Waals surface area (Å²) in [6.07, 6.45) is 0. The first-order valence-corrected chi connectivity index (χ1v) is 11.0. The number of rotatable bonds is 6. The summed E-state index contributed by atoms with van der Waals surface area (Å²) in [5.74, 6) is 1.02. The summed E-state index contributed by atoms with van der Waals surface area (Å²) < 4.78 is 8.21. The monoisotopic (exact) mass is 453 g/mol. The van der Waals surface area contributed by atoms with E-state index in [9.17, 15) is 9.59 Å². The van der Waals surface area contributed by atoms with Crippen molar-refractivity contribution in [2.75, 3.05) is 0 Å². The van der Waals surface area contributed by atoms with Crippen LogP contribution >= 0.6 is 23.4 Å². The van der Waals surface area contributed by atoms with Gasteiger partial charge in [-0.2, -0.15) is 0 Å². The van der Waals surface area contributed by atoms with Gasteiger partial charge in [-0.25, -0.2) is 4.79 Å². The van der Waals surface area contributed by atoms with Gasteiger partial charge < -0.3 is 4.52 Å². The molecule has 2 aromatic heterocycles. The quantitative estimate of drug-likeness (QED) is 0.317. The fourth-order valence-corrected chi connectivity index (χ4v) is 4.55. The Hall–Kier alpha value is -3.03. The molecule has 0 unspecified atom stereocenters. The number of nitrogens with zero attached hydrogens (tertiary/aromatic N) is 3. The number of hydrogen-bond acceptors (Lipinski definition) is 5. The van der Waals surface area contributed by atoms with E-state index in [-0.39, 0.29) is 17.8 Å².